The van der Waals surface area contributed by atoms with Crippen molar-refractivity contribution < 1.29 is 4.79 Å². The monoisotopic (exact) mass is 282 g/mol. The summed E-state index contributed by atoms with van der Waals surface area (Å²) in [6.45, 7) is 3.02. The Morgan fingerprint density at radius 1 is 1.14 bits per heavy atom. The lowest BCUT2D eigenvalue weighted by Gasteiger charge is -2.41. The van der Waals surface area contributed by atoms with Crippen LogP contribution >= 0.6 is 0 Å². The number of anilines is 1. The molecule has 0 radical (unpaired) electrons. The van der Waals surface area contributed by atoms with E-state index < -0.39 is 0 Å². The van der Waals surface area contributed by atoms with Gasteiger partial charge in [0.2, 0.25) is 0 Å². The summed E-state index contributed by atoms with van der Waals surface area (Å²) in [5, 5.41) is 0. The largest absolute Gasteiger partial charge is 0.359 e. The van der Waals surface area contributed by atoms with Crippen LogP contribution in [0.15, 0.2) is 42.6 Å². The normalized spacial score (nSPS) is 20.3. The number of urea groups is 1. The van der Waals surface area contributed by atoms with Crippen molar-refractivity contribution in [3.63, 3.8) is 0 Å². The lowest BCUT2D eigenvalue weighted by molar-refractivity contribution is 0.193. The predicted octanol–water partition coefficient (Wildman–Crippen LogP) is 1.79. The van der Waals surface area contributed by atoms with Crippen molar-refractivity contribution in [2.45, 2.75) is 12.6 Å². The minimum Gasteiger partial charge on any atom is -0.359 e. The molecule has 0 saturated carbocycles. The third-order valence-electron chi connectivity index (χ3n) is 4.54. The Balaban J connectivity index is 1.82. The lowest BCUT2D eigenvalue weighted by Crippen LogP contribution is -2.52. The van der Waals surface area contributed by atoms with Gasteiger partial charge in [-0.05, 0) is 23.8 Å². The third kappa shape index (κ3) is 1.88. The fourth-order valence-corrected chi connectivity index (χ4v) is 3.51. The van der Waals surface area contributed by atoms with E-state index >= 15 is 0 Å². The molecule has 2 aliphatic heterocycles. The van der Waals surface area contributed by atoms with Crippen LogP contribution in [0.2, 0.25) is 0 Å². The minimum absolute atomic E-state index is 0.171. The SMILES string of the molecule is NC(=O)N1CCN2c3ccccc3Cn3cccc3C2C1. The Kier molecular flexibility index (Phi) is 2.67. The lowest BCUT2D eigenvalue weighted by atomic mass is 10.1. The Labute approximate surface area is 123 Å². The molecular formula is C16H18N4O. The van der Waals surface area contributed by atoms with E-state index in [2.05, 4.69) is 52.1 Å². The maximum absolute atomic E-state index is 11.5. The molecule has 1 fully saturated rings. The second-order valence-corrected chi connectivity index (χ2v) is 5.68. The van der Waals surface area contributed by atoms with Crippen molar-refractivity contribution in [1.29, 1.82) is 0 Å². The molecule has 1 atom stereocenters. The second kappa shape index (κ2) is 4.55. The predicted molar refractivity (Wildman–Crippen MR) is 81.2 cm³/mol. The summed E-state index contributed by atoms with van der Waals surface area (Å²) in [4.78, 5) is 15.7. The van der Waals surface area contributed by atoms with Gasteiger partial charge >= 0.3 is 6.03 Å². The number of nitrogens with zero attached hydrogens (tertiary/aromatic N) is 3. The number of carbonyl (C=O) groups is 1. The van der Waals surface area contributed by atoms with Gasteiger partial charge < -0.3 is 20.1 Å². The molecule has 1 aromatic carbocycles. The maximum atomic E-state index is 11.5. The fourth-order valence-electron chi connectivity index (χ4n) is 3.51. The van der Waals surface area contributed by atoms with E-state index in [4.69, 9.17) is 5.73 Å². The molecule has 2 amide bonds. The molecule has 0 aliphatic carbocycles. The Bertz CT molecular complexity index is 693. The summed E-state index contributed by atoms with van der Waals surface area (Å²) >= 11 is 0. The van der Waals surface area contributed by atoms with E-state index in [0.29, 0.717) is 13.1 Å². The molecule has 5 heteroatoms. The summed E-state index contributed by atoms with van der Waals surface area (Å²) in [6, 6.07) is 12.6. The number of primary amides is 1. The average molecular weight is 282 g/mol. The van der Waals surface area contributed by atoms with Crippen LogP contribution in [0.5, 0.6) is 0 Å². The first-order chi connectivity index (χ1) is 10.2. The van der Waals surface area contributed by atoms with Crippen molar-refractivity contribution >= 4 is 11.7 Å². The highest BCUT2D eigenvalue weighted by Crippen LogP contribution is 2.36. The van der Waals surface area contributed by atoms with Crippen LogP contribution in [0, 0.1) is 0 Å². The van der Waals surface area contributed by atoms with Gasteiger partial charge in [-0.15, -0.1) is 0 Å². The number of nitrogens with two attached hydrogens (primary N) is 1. The van der Waals surface area contributed by atoms with Gasteiger partial charge in [-0.1, -0.05) is 18.2 Å². The molecule has 3 heterocycles. The van der Waals surface area contributed by atoms with Gasteiger partial charge in [-0.2, -0.15) is 0 Å². The Morgan fingerprint density at radius 3 is 2.86 bits per heavy atom. The van der Waals surface area contributed by atoms with Crippen LogP contribution in [0.4, 0.5) is 10.5 Å². The van der Waals surface area contributed by atoms with Crippen LogP contribution in [0.3, 0.4) is 0 Å². The van der Waals surface area contributed by atoms with Crippen LogP contribution in [-0.2, 0) is 6.54 Å². The molecule has 0 spiro atoms. The number of para-hydroxylation sites is 1. The van der Waals surface area contributed by atoms with Gasteiger partial charge in [0, 0.05) is 43.8 Å². The zero-order chi connectivity index (χ0) is 14.4. The van der Waals surface area contributed by atoms with E-state index in [1.807, 2.05) is 0 Å². The number of fused-ring (bicyclic) bond motifs is 5. The van der Waals surface area contributed by atoms with Crippen LogP contribution in [0.25, 0.3) is 0 Å². The smallest absolute Gasteiger partial charge is 0.314 e. The first kappa shape index (κ1) is 12.3. The molecule has 1 saturated heterocycles. The van der Waals surface area contributed by atoms with Crippen LogP contribution in [0.1, 0.15) is 17.3 Å². The van der Waals surface area contributed by atoms with Crippen molar-refractivity contribution in [1.82, 2.24) is 9.47 Å². The van der Waals surface area contributed by atoms with Gasteiger partial charge in [0.05, 0.1) is 6.04 Å². The average Bonchev–Trinajstić information content (AvgIpc) is 2.90. The highest BCUT2D eigenvalue weighted by molar-refractivity contribution is 5.72. The number of carbonyl (C=O) groups excluding carboxylic acids is 1. The minimum atomic E-state index is -0.328. The highest BCUT2D eigenvalue weighted by atomic mass is 16.2. The molecule has 5 nitrogen and oxygen atoms in total. The van der Waals surface area contributed by atoms with Gasteiger partial charge in [-0.25, -0.2) is 4.79 Å². The molecule has 108 valence electrons. The van der Waals surface area contributed by atoms with E-state index in [1.54, 1.807) is 4.90 Å². The maximum Gasteiger partial charge on any atom is 0.314 e. The zero-order valence-electron chi connectivity index (χ0n) is 11.8. The summed E-state index contributed by atoms with van der Waals surface area (Å²) in [5.41, 5.74) is 9.32. The quantitative estimate of drug-likeness (QED) is 0.801. The number of aromatic nitrogens is 1. The summed E-state index contributed by atoms with van der Waals surface area (Å²) in [6.07, 6.45) is 2.11. The zero-order valence-corrected chi connectivity index (χ0v) is 11.8. The summed E-state index contributed by atoms with van der Waals surface area (Å²) < 4.78 is 2.27. The van der Waals surface area contributed by atoms with Gasteiger partial charge in [0.1, 0.15) is 0 Å². The van der Waals surface area contributed by atoms with Gasteiger partial charge in [-0.3, -0.25) is 0 Å². The number of piperazine rings is 1. The molecular weight excluding hydrogens is 264 g/mol. The number of hydrogen-bond donors (Lipinski definition) is 1. The van der Waals surface area contributed by atoms with Crippen molar-refractivity contribution in [3.8, 4) is 0 Å². The van der Waals surface area contributed by atoms with Crippen LogP contribution < -0.4 is 10.6 Å². The Hall–Kier alpha value is -2.43. The Morgan fingerprint density at radius 2 is 2.00 bits per heavy atom. The van der Waals surface area contributed by atoms with E-state index in [1.165, 1.54) is 16.9 Å². The molecule has 2 N–H and O–H groups in total. The number of benzene rings is 1. The standard InChI is InChI=1S/C16H18N4O/c17-16(21)19-8-9-20-13-5-2-1-4-12(13)10-18-7-3-6-14(18)15(20)11-19/h1-7,15H,8-11H2,(H2,17,21). The fraction of sp³-hybridized carbons (Fsp3) is 0.312. The second-order valence-electron chi connectivity index (χ2n) is 5.68. The molecule has 0 bridgehead atoms. The van der Waals surface area contributed by atoms with Gasteiger partial charge in [0.15, 0.2) is 0 Å². The van der Waals surface area contributed by atoms with E-state index in [9.17, 15) is 4.79 Å². The molecule has 1 aromatic heterocycles. The van der Waals surface area contributed by atoms with E-state index in [-0.39, 0.29) is 12.1 Å². The molecule has 4 rings (SSSR count). The first-order valence-electron chi connectivity index (χ1n) is 7.28. The van der Waals surface area contributed by atoms with Crippen molar-refractivity contribution in [2.75, 3.05) is 24.5 Å². The summed E-state index contributed by atoms with van der Waals surface area (Å²) in [7, 11) is 0. The third-order valence-corrected chi connectivity index (χ3v) is 4.54. The number of hydrogen-bond acceptors (Lipinski definition) is 2. The molecule has 2 aliphatic rings. The van der Waals surface area contributed by atoms with Gasteiger partial charge in [0.25, 0.3) is 0 Å². The van der Waals surface area contributed by atoms with Crippen molar-refractivity contribution in [3.05, 3.63) is 53.9 Å². The topological polar surface area (TPSA) is 54.5 Å². The molecule has 21 heavy (non-hydrogen) atoms. The molecule has 2 aromatic rings. The number of amides is 2. The molecule has 1 unspecified atom stereocenters. The van der Waals surface area contributed by atoms with E-state index in [0.717, 1.165) is 13.1 Å². The number of rotatable bonds is 0. The van der Waals surface area contributed by atoms with Crippen LogP contribution in [-0.4, -0.2) is 35.1 Å². The summed E-state index contributed by atoms with van der Waals surface area (Å²) in [5.74, 6) is 0. The highest BCUT2D eigenvalue weighted by Gasteiger charge is 2.34. The van der Waals surface area contributed by atoms with Crippen molar-refractivity contribution in [2.24, 2.45) is 5.73 Å². The first-order valence-corrected chi connectivity index (χ1v) is 7.28.